The lowest BCUT2D eigenvalue weighted by Gasteiger charge is -2.27. The lowest BCUT2D eigenvalue weighted by molar-refractivity contribution is 0.0548. The summed E-state index contributed by atoms with van der Waals surface area (Å²) < 4.78 is 10.8. The molecule has 2 fully saturated rings. The average Bonchev–Trinajstić information content (AvgIpc) is 3.17. The number of anilines is 2. The summed E-state index contributed by atoms with van der Waals surface area (Å²) in [6.07, 6.45) is 4.69. The topological polar surface area (TPSA) is 97.1 Å². The smallest absolute Gasteiger partial charge is 0.255 e. The number of nitrogens with one attached hydrogen (secondary N) is 1. The van der Waals surface area contributed by atoms with Crippen molar-refractivity contribution in [1.82, 2.24) is 9.80 Å². The summed E-state index contributed by atoms with van der Waals surface area (Å²) >= 11 is 28.3. The minimum Gasteiger partial charge on any atom is -0.399 e. The number of carbonyl (C=O) groups is 2. The molecule has 0 bridgehead atoms. The van der Waals surface area contributed by atoms with Gasteiger partial charge in [-0.15, -0.1) is 0 Å². The highest BCUT2D eigenvalue weighted by Crippen LogP contribution is 2.25. The maximum Gasteiger partial charge on any atom is 0.255 e. The van der Waals surface area contributed by atoms with Crippen molar-refractivity contribution in [3.8, 4) is 0 Å². The Morgan fingerprint density at radius 3 is 1.49 bits per heavy atom. The highest BCUT2D eigenvalue weighted by Gasteiger charge is 2.17. The number of nitrogens with two attached hydrogens (primary N) is 1. The van der Waals surface area contributed by atoms with Crippen molar-refractivity contribution in [2.45, 2.75) is 38.8 Å². The van der Waals surface area contributed by atoms with Gasteiger partial charge >= 0.3 is 0 Å². The van der Waals surface area contributed by atoms with Gasteiger partial charge in [0.2, 0.25) is 0 Å². The maximum absolute atomic E-state index is 12.3. The lowest BCUT2D eigenvalue weighted by atomic mass is 10.00. The molecule has 0 atom stereocenters. The number of benzene rings is 4. The first-order valence-electron chi connectivity index (χ1n) is 18.2. The molecule has 4 aromatic rings. The number of amides is 1. The first-order chi connectivity index (χ1) is 26.4. The van der Waals surface area contributed by atoms with Gasteiger partial charge in [-0.3, -0.25) is 9.59 Å². The molecule has 2 aliphatic heterocycles. The van der Waals surface area contributed by atoms with Crippen LogP contribution in [-0.2, 0) is 22.6 Å². The van der Waals surface area contributed by atoms with Crippen molar-refractivity contribution in [3.63, 3.8) is 0 Å². The molecule has 0 spiro atoms. The fourth-order valence-corrected chi connectivity index (χ4v) is 6.98. The molecule has 2 aliphatic rings. The number of ether oxygens (including phenoxy) is 2. The van der Waals surface area contributed by atoms with Gasteiger partial charge in [0.05, 0.1) is 20.1 Å². The van der Waals surface area contributed by atoms with Crippen LogP contribution in [0.1, 0.15) is 57.5 Å². The van der Waals surface area contributed by atoms with Crippen LogP contribution in [-0.4, -0.2) is 74.6 Å². The third-order valence-corrected chi connectivity index (χ3v) is 10.9. The van der Waals surface area contributed by atoms with Gasteiger partial charge in [-0.1, -0.05) is 70.7 Å². The molecule has 55 heavy (non-hydrogen) atoms. The molecule has 0 aromatic heterocycles. The number of hydrogen-bond donors (Lipinski definition) is 2. The Morgan fingerprint density at radius 1 is 0.636 bits per heavy atom. The number of halogens is 5. The monoisotopic (exact) mass is 848 g/mol. The van der Waals surface area contributed by atoms with Crippen LogP contribution < -0.4 is 11.1 Å². The molecule has 1 amide bonds. The third-order valence-electron chi connectivity index (χ3n) is 9.25. The molecule has 4 aromatic carbocycles. The second kappa shape index (κ2) is 23.4. The molecule has 0 radical (unpaired) electrons. The third kappa shape index (κ3) is 16.2. The van der Waals surface area contributed by atoms with Gasteiger partial charge < -0.3 is 30.3 Å². The van der Waals surface area contributed by atoms with Crippen LogP contribution in [0.15, 0.2) is 84.9 Å². The van der Waals surface area contributed by atoms with Crippen LogP contribution in [0, 0.1) is 11.8 Å². The van der Waals surface area contributed by atoms with Crippen LogP contribution in [0.2, 0.25) is 20.1 Å². The highest BCUT2D eigenvalue weighted by molar-refractivity contribution is 6.67. The Hall–Kier alpha value is -2.89. The summed E-state index contributed by atoms with van der Waals surface area (Å²) in [6, 6.07) is 25.4. The van der Waals surface area contributed by atoms with E-state index in [4.69, 9.17) is 73.2 Å². The first-order valence-corrected chi connectivity index (χ1v) is 20.1. The van der Waals surface area contributed by atoms with Gasteiger partial charge in [0.1, 0.15) is 0 Å². The van der Waals surface area contributed by atoms with Gasteiger partial charge in [-0.25, -0.2) is 0 Å². The molecule has 0 saturated carbocycles. The molecule has 3 N–H and O–H groups in total. The van der Waals surface area contributed by atoms with E-state index in [-0.39, 0.29) is 5.91 Å². The summed E-state index contributed by atoms with van der Waals surface area (Å²) in [7, 11) is 4.33. The van der Waals surface area contributed by atoms with E-state index in [1.54, 1.807) is 18.2 Å². The standard InChI is InChI=1S/C21H24Cl2N2O2.C14H22N2O.C7H3Cl3O/c1-25(14-16-8-10-27-11-9-16)13-15-2-5-18(6-3-15)24-21(26)17-4-7-19(22)20(23)12-17;1-16(11-13-6-8-17-9-7-13)10-12-2-4-14(15)5-3-12;8-5-2-1-4(7(10)11)3-6(5)9/h2-7,12,16H,8-11,13-14H2,1H3,(H,24,26);2-5,13H,6-11,15H2,1H3;1-3H. The number of rotatable bonds is 11. The molecule has 2 saturated heterocycles. The van der Waals surface area contributed by atoms with E-state index >= 15 is 0 Å². The molecule has 2 heterocycles. The summed E-state index contributed by atoms with van der Waals surface area (Å²) in [4.78, 5) is 27.6. The number of nitrogens with zero attached hydrogens (tertiary/aromatic N) is 2. The fraction of sp³-hybridized carbons (Fsp3) is 0.381. The van der Waals surface area contributed by atoms with Crippen molar-refractivity contribution in [1.29, 1.82) is 0 Å². The molecule has 13 heteroatoms. The second-order valence-corrected chi connectivity index (χ2v) is 15.9. The highest BCUT2D eigenvalue weighted by atomic mass is 35.5. The number of carbonyl (C=O) groups excluding carboxylic acids is 2. The fourth-order valence-electron chi connectivity index (χ4n) is 6.27. The number of hydrogen-bond acceptors (Lipinski definition) is 7. The molecule has 8 nitrogen and oxygen atoms in total. The Labute approximate surface area is 350 Å². The average molecular weight is 851 g/mol. The maximum atomic E-state index is 12.3. The summed E-state index contributed by atoms with van der Waals surface area (Å²) in [5.41, 5.74) is 10.6. The summed E-state index contributed by atoms with van der Waals surface area (Å²) in [5.74, 6) is 1.30. The number of nitrogen functional groups attached to an aromatic ring is 1. The van der Waals surface area contributed by atoms with E-state index in [2.05, 4.69) is 41.3 Å². The van der Waals surface area contributed by atoms with Crippen molar-refractivity contribution >= 4 is 80.5 Å². The molecule has 296 valence electrons. The largest absolute Gasteiger partial charge is 0.399 e. The Kier molecular flexibility index (Phi) is 19.0. The van der Waals surface area contributed by atoms with E-state index < -0.39 is 5.24 Å². The van der Waals surface area contributed by atoms with Gasteiger partial charge in [-0.2, -0.15) is 0 Å². The van der Waals surface area contributed by atoms with Crippen LogP contribution in [0.5, 0.6) is 0 Å². The molecular weight excluding hydrogens is 802 g/mol. The van der Waals surface area contributed by atoms with E-state index in [0.717, 1.165) is 82.7 Å². The Balaban J connectivity index is 0.000000204. The molecule has 6 rings (SSSR count). The summed E-state index contributed by atoms with van der Waals surface area (Å²) in [5, 5.41) is 3.89. The Morgan fingerprint density at radius 2 is 1.05 bits per heavy atom. The van der Waals surface area contributed by atoms with Gasteiger partial charge in [0.15, 0.2) is 0 Å². The second-order valence-electron chi connectivity index (χ2n) is 13.9. The lowest BCUT2D eigenvalue weighted by Crippen LogP contribution is -2.29. The predicted molar refractivity (Wildman–Crippen MR) is 228 cm³/mol. The minimum atomic E-state index is -0.538. The van der Waals surface area contributed by atoms with Crippen LogP contribution >= 0.6 is 58.0 Å². The van der Waals surface area contributed by atoms with Gasteiger partial charge in [0.25, 0.3) is 11.1 Å². The predicted octanol–water partition coefficient (Wildman–Crippen LogP) is 10.6. The van der Waals surface area contributed by atoms with Gasteiger partial charge in [0, 0.05) is 75.1 Å². The van der Waals surface area contributed by atoms with Gasteiger partial charge in [-0.05, 0) is 135 Å². The van der Waals surface area contributed by atoms with E-state index in [1.165, 1.54) is 42.2 Å². The van der Waals surface area contributed by atoms with E-state index in [9.17, 15) is 9.59 Å². The van der Waals surface area contributed by atoms with Crippen molar-refractivity contribution in [2.75, 3.05) is 64.7 Å². The van der Waals surface area contributed by atoms with E-state index in [0.29, 0.717) is 37.1 Å². The van der Waals surface area contributed by atoms with Crippen LogP contribution in [0.25, 0.3) is 0 Å². The first kappa shape index (κ1) is 44.8. The van der Waals surface area contributed by atoms with Crippen molar-refractivity contribution in [2.24, 2.45) is 11.8 Å². The zero-order valence-electron chi connectivity index (χ0n) is 31.2. The zero-order valence-corrected chi connectivity index (χ0v) is 35.0. The molecule has 0 unspecified atom stereocenters. The normalized spacial score (nSPS) is 14.8. The Bertz CT molecular complexity index is 1800. The van der Waals surface area contributed by atoms with E-state index in [1.807, 2.05) is 36.4 Å². The SMILES string of the molecule is CN(Cc1ccc(N)cc1)CC1CCOCC1.CN(Cc1ccc(NC(=O)c2ccc(Cl)c(Cl)c2)cc1)CC1CCOCC1.O=C(Cl)c1ccc(Cl)c(Cl)c1. The van der Waals surface area contributed by atoms with Crippen molar-refractivity contribution in [3.05, 3.63) is 127 Å². The summed E-state index contributed by atoms with van der Waals surface area (Å²) in [6.45, 7) is 7.75. The van der Waals surface area contributed by atoms with Crippen molar-refractivity contribution < 1.29 is 19.1 Å². The van der Waals surface area contributed by atoms with Crippen LogP contribution in [0.3, 0.4) is 0 Å². The minimum absolute atomic E-state index is 0.210. The molecular formula is C42H49Cl5N4O4. The zero-order chi connectivity index (χ0) is 39.7. The quantitative estimate of drug-likeness (QED) is 0.115. The molecule has 0 aliphatic carbocycles. The van der Waals surface area contributed by atoms with Crippen LogP contribution in [0.4, 0.5) is 11.4 Å².